The van der Waals surface area contributed by atoms with Gasteiger partial charge < -0.3 is 10.2 Å². The number of hydrogen-bond donors (Lipinski definition) is 2. The van der Waals surface area contributed by atoms with Crippen molar-refractivity contribution in [3.05, 3.63) is 12.7 Å². The van der Waals surface area contributed by atoms with Gasteiger partial charge in [0.25, 0.3) is 0 Å². The fourth-order valence-corrected chi connectivity index (χ4v) is 1.46. The van der Waals surface area contributed by atoms with Crippen LogP contribution < -0.4 is 0 Å². The number of rotatable bonds is 10. The van der Waals surface area contributed by atoms with E-state index in [1.165, 1.54) is 19.3 Å². The molecule has 0 aromatic carbocycles. The Bertz CT molecular complexity index is 178. The lowest BCUT2D eigenvalue weighted by Gasteiger charge is -2.04. The van der Waals surface area contributed by atoms with Crippen molar-refractivity contribution in [2.24, 2.45) is 0 Å². The van der Waals surface area contributed by atoms with E-state index in [0.29, 0.717) is 6.42 Å². The lowest BCUT2D eigenvalue weighted by atomic mass is 10.1. The summed E-state index contributed by atoms with van der Waals surface area (Å²) in [5.74, 6) is -1.11. The van der Waals surface area contributed by atoms with Gasteiger partial charge in [0.2, 0.25) is 0 Å². The Morgan fingerprint density at radius 2 is 1.67 bits per heavy atom. The van der Waals surface area contributed by atoms with E-state index in [0.717, 1.165) is 25.7 Å². The fourth-order valence-electron chi connectivity index (χ4n) is 1.46. The number of carboxylic acid groups (broad SMARTS) is 1. The molecule has 88 valence electrons. The smallest absolute Gasteiger partial charge is 0.332 e. The molecule has 3 heteroatoms. The second-order valence-corrected chi connectivity index (χ2v) is 3.84. The molecule has 1 unspecified atom stereocenters. The summed E-state index contributed by atoms with van der Waals surface area (Å²) in [7, 11) is 0. The monoisotopic (exact) mass is 214 g/mol. The van der Waals surface area contributed by atoms with E-state index in [4.69, 9.17) is 10.2 Å². The SMILES string of the molecule is C=CCCCCCCCCC(O)C(=O)O. The number of carbonyl (C=O) groups is 1. The molecule has 0 heterocycles. The summed E-state index contributed by atoms with van der Waals surface area (Å²) in [4.78, 5) is 10.3. The third-order valence-electron chi connectivity index (χ3n) is 2.42. The van der Waals surface area contributed by atoms with Crippen molar-refractivity contribution in [2.75, 3.05) is 0 Å². The highest BCUT2D eigenvalue weighted by atomic mass is 16.4. The number of aliphatic hydroxyl groups excluding tert-OH is 1. The van der Waals surface area contributed by atoms with E-state index < -0.39 is 12.1 Å². The van der Waals surface area contributed by atoms with Crippen molar-refractivity contribution < 1.29 is 15.0 Å². The molecule has 0 amide bonds. The van der Waals surface area contributed by atoms with Crippen LogP contribution in [0, 0.1) is 0 Å². The molecule has 2 N–H and O–H groups in total. The summed E-state index contributed by atoms with van der Waals surface area (Å²) in [6.45, 7) is 3.66. The van der Waals surface area contributed by atoms with Crippen LogP contribution in [-0.4, -0.2) is 22.3 Å². The fraction of sp³-hybridized carbons (Fsp3) is 0.750. The number of aliphatic carboxylic acids is 1. The zero-order valence-corrected chi connectivity index (χ0v) is 9.32. The van der Waals surface area contributed by atoms with E-state index in [1.807, 2.05) is 6.08 Å². The average molecular weight is 214 g/mol. The summed E-state index contributed by atoms with van der Waals surface area (Å²) in [6.07, 6.45) is 8.76. The molecule has 0 radical (unpaired) electrons. The van der Waals surface area contributed by atoms with Crippen molar-refractivity contribution >= 4 is 5.97 Å². The van der Waals surface area contributed by atoms with E-state index in [-0.39, 0.29) is 0 Å². The first-order valence-corrected chi connectivity index (χ1v) is 5.70. The maximum absolute atomic E-state index is 10.3. The van der Waals surface area contributed by atoms with Gasteiger partial charge in [0.15, 0.2) is 6.10 Å². The van der Waals surface area contributed by atoms with Crippen LogP contribution in [0.15, 0.2) is 12.7 Å². The van der Waals surface area contributed by atoms with Crippen molar-refractivity contribution in [1.82, 2.24) is 0 Å². The molecule has 0 aliphatic rings. The van der Waals surface area contributed by atoms with Crippen LogP contribution in [0.25, 0.3) is 0 Å². The van der Waals surface area contributed by atoms with Crippen molar-refractivity contribution in [3.8, 4) is 0 Å². The topological polar surface area (TPSA) is 57.5 Å². The van der Waals surface area contributed by atoms with Crippen molar-refractivity contribution in [2.45, 2.75) is 57.5 Å². The first-order chi connectivity index (χ1) is 7.18. The minimum atomic E-state index is -1.18. The van der Waals surface area contributed by atoms with Crippen LogP contribution >= 0.6 is 0 Å². The molecule has 0 aliphatic carbocycles. The molecule has 0 saturated carbocycles. The minimum Gasteiger partial charge on any atom is -0.479 e. The van der Waals surface area contributed by atoms with Gasteiger partial charge in [0, 0.05) is 0 Å². The van der Waals surface area contributed by atoms with Gasteiger partial charge in [-0.2, -0.15) is 0 Å². The Morgan fingerprint density at radius 3 is 2.20 bits per heavy atom. The van der Waals surface area contributed by atoms with Gasteiger partial charge >= 0.3 is 5.97 Å². The molecular weight excluding hydrogens is 192 g/mol. The van der Waals surface area contributed by atoms with E-state index >= 15 is 0 Å². The molecule has 0 rings (SSSR count). The molecule has 0 bridgehead atoms. The summed E-state index contributed by atoms with van der Waals surface area (Å²) < 4.78 is 0. The summed E-state index contributed by atoms with van der Waals surface area (Å²) in [5, 5.41) is 17.4. The van der Waals surface area contributed by atoms with E-state index in [2.05, 4.69) is 6.58 Å². The third-order valence-corrected chi connectivity index (χ3v) is 2.42. The Kier molecular flexibility index (Phi) is 9.18. The number of hydrogen-bond acceptors (Lipinski definition) is 2. The maximum atomic E-state index is 10.3. The molecule has 0 saturated heterocycles. The Hall–Kier alpha value is -0.830. The van der Waals surface area contributed by atoms with Crippen LogP contribution in [0.1, 0.15) is 51.4 Å². The average Bonchev–Trinajstić information content (AvgIpc) is 2.21. The highest BCUT2D eigenvalue weighted by molar-refractivity contribution is 5.71. The molecule has 0 spiro atoms. The number of unbranched alkanes of at least 4 members (excludes halogenated alkanes) is 6. The Balaban J connectivity index is 3.11. The molecule has 15 heavy (non-hydrogen) atoms. The molecule has 3 nitrogen and oxygen atoms in total. The molecule has 0 fully saturated rings. The van der Waals surface area contributed by atoms with E-state index in [1.54, 1.807) is 0 Å². The van der Waals surface area contributed by atoms with Gasteiger partial charge in [-0.3, -0.25) is 0 Å². The predicted molar refractivity (Wildman–Crippen MR) is 60.8 cm³/mol. The summed E-state index contributed by atoms with van der Waals surface area (Å²) >= 11 is 0. The quantitative estimate of drug-likeness (QED) is 0.434. The zero-order valence-electron chi connectivity index (χ0n) is 9.32. The van der Waals surface area contributed by atoms with Crippen LogP contribution in [0.3, 0.4) is 0 Å². The molecule has 0 aromatic rings. The maximum Gasteiger partial charge on any atom is 0.332 e. The van der Waals surface area contributed by atoms with Crippen LogP contribution in [0.2, 0.25) is 0 Å². The largest absolute Gasteiger partial charge is 0.479 e. The second-order valence-electron chi connectivity index (χ2n) is 3.84. The number of aliphatic hydroxyl groups is 1. The molecule has 0 aromatic heterocycles. The zero-order chi connectivity index (χ0) is 11.5. The van der Waals surface area contributed by atoms with Gasteiger partial charge in [-0.25, -0.2) is 4.79 Å². The number of carboxylic acids is 1. The van der Waals surface area contributed by atoms with E-state index in [9.17, 15) is 4.79 Å². The van der Waals surface area contributed by atoms with Crippen LogP contribution in [0.5, 0.6) is 0 Å². The van der Waals surface area contributed by atoms with Gasteiger partial charge in [-0.15, -0.1) is 6.58 Å². The lowest BCUT2D eigenvalue weighted by molar-refractivity contribution is -0.146. The lowest BCUT2D eigenvalue weighted by Crippen LogP contribution is -2.18. The second kappa shape index (κ2) is 9.71. The highest BCUT2D eigenvalue weighted by Crippen LogP contribution is 2.09. The summed E-state index contributed by atoms with van der Waals surface area (Å²) in [5.41, 5.74) is 0. The third kappa shape index (κ3) is 9.47. The van der Waals surface area contributed by atoms with Gasteiger partial charge in [-0.1, -0.05) is 38.2 Å². The minimum absolute atomic E-state index is 0.377. The molecule has 0 aliphatic heterocycles. The normalized spacial score (nSPS) is 12.3. The number of allylic oxidation sites excluding steroid dienone is 1. The van der Waals surface area contributed by atoms with Gasteiger partial charge in [0.05, 0.1) is 0 Å². The first kappa shape index (κ1) is 14.2. The summed E-state index contributed by atoms with van der Waals surface area (Å²) in [6, 6.07) is 0. The highest BCUT2D eigenvalue weighted by Gasteiger charge is 2.11. The van der Waals surface area contributed by atoms with Crippen LogP contribution in [-0.2, 0) is 4.79 Å². The predicted octanol–water partition coefficient (Wildman–Crippen LogP) is 2.74. The first-order valence-electron chi connectivity index (χ1n) is 5.70. The van der Waals surface area contributed by atoms with Crippen LogP contribution in [0.4, 0.5) is 0 Å². The van der Waals surface area contributed by atoms with Gasteiger partial charge in [-0.05, 0) is 19.3 Å². The molecular formula is C12H22O3. The van der Waals surface area contributed by atoms with Crippen molar-refractivity contribution in [3.63, 3.8) is 0 Å². The van der Waals surface area contributed by atoms with Crippen molar-refractivity contribution in [1.29, 1.82) is 0 Å². The Morgan fingerprint density at radius 1 is 1.13 bits per heavy atom. The molecule has 1 atom stereocenters. The standard InChI is InChI=1S/C12H22O3/c1-2-3-4-5-6-7-8-9-10-11(13)12(14)15/h2,11,13H,1,3-10H2,(H,14,15). The van der Waals surface area contributed by atoms with Gasteiger partial charge in [0.1, 0.15) is 0 Å². The Labute approximate surface area is 91.8 Å².